The maximum absolute atomic E-state index is 12.3. The topological polar surface area (TPSA) is 52.1 Å². The number of aryl methyl sites for hydroxylation is 1. The Kier molecular flexibility index (Phi) is 11.4. The maximum Gasteiger partial charge on any atom is 0.358 e. The molecule has 0 N–H and O–H groups in total. The van der Waals surface area contributed by atoms with Crippen LogP contribution in [0.3, 0.4) is 0 Å². The Bertz CT molecular complexity index is 668. The zero-order chi connectivity index (χ0) is 20.0. The van der Waals surface area contributed by atoms with Crippen molar-refractivity contribution in [2.75, 3.05) is 6.61 Å². The van der Waals surface area contributed by atoms with Crippen LogP contribution in [0.2, 0.25) is 0 Å². The molecule has 0 aliphatic rings. The zero-order valence-electron chi connectivity index (χ0n) is 17.4. The van der Waals surface area contributed by atoms with Gasteiger partial charge < -0.3 is 4.74 Å². The van der Waals surface area contributed by atoms with E-state index in [1.54, 1.807) is 28.9 Å². The van der Waals surface area contributed by atoms with E-state index in [0.717, 1.165) is 27.7 Å². The van der Waals surface area contributed by atoms with Gasteiger partial charge in [0.05, 0.1) is 6.61 Å². The van der Waals surface area contributed by atoms with Crippen LogP contribution in [-0.4, -0.2) is 22.5 Å². The number of esters is 1. The van der Waals surface area contributed by atoms with Gasteiger partial charge in [0.25, 0.3) is 0 Å². The van der Waals surface area contributed by atoms with Crippen LogP contribution in [0.25, 0.3) is 10.0 Å². The van der Waals surface area contributed by atoms with Crippen LogP contribution in [0.1, 0.15) is 99.8 Å². The summed E-state index contributed by atoms with van der Waals surface area (Å²) in [5.74, 6) is -0.306. The van der Waals surface area contributed by atoms with Crippen molar-refractivity contribution in [3.63, 3.8) is 0 Å². The van der Waals surface area contributed by atoms with Gasteiger partial charge in [0, 0.05) is 16.5 Å². The van der Waals surface area contributed by atoms with E-state index >= 15 is 0 Å². The molecule has 2 heterocycles. The van der Waals surface area contributed by atoms with Gasteiger partial charge in [-0.1, -0.05) is 71.1 Å². The summed E-state index contributed by atoms with van der Waals surface area (Å²) in [5, 5.41) is 3.64. The molecule has 0 amide bonds. The second-order valence-electron chi connectivity index (χ2n) is 7.13. The molecular weight excluding hydrogens is 388 g/mol. The molecule has 2 aromatic heterocycles. The quantitative estimate of drug-likeness (QED) is 0.223. The van der Waals surface area contributed by atoms with Gasteiger partial charge in [-0.15, -0.1) is 22.7 Å². The molecule has 0 unspecified atom stereocenters. The highest BCUT2D eigenvalue weighted by Crippen LogP contribution is 2.31. The third kappa shape index (κ3) is 8.00. The third-order valence-corrected chi connectivity index (χ3v) is 6.82. The number of hydrogen-bond acceptors (Lipinski definition) is 6. The minimum Gasteiger partial charge on any atom is -0.461 e. The van der Waals surface area contributed by atoms with Crippen LogP contribution in [0.4, 0.5) is 0 Å². The first-order valence-electron chi connectivity index (χ1n) is 10.8. The average Bonchev–Trinajstić information content (AvgIpc) is 3.36. The lowest BCUT2D eigenvalue weighted by molar-refractivity contribution is 0.0519. The Morgan fingerprint density at radius 1 is 0.929 bits per heavy atom. The predicted molar refractivity (Wildman–Crippen MR) is 119 cm³/mol. The summed E-state index contributed by atoms with van der Waals surface area (Å²) in [6, 6.07) is 0. The summed E-state index contributed by atoms with van der Waals surface area (Å²) in [4.78, 5) is 22.2. The van der Waals surface area contributed by atoms with E-state index in [0.29, 0.717) is 12.3 Å². The van der Waals surface area contributed by atoms with Gasteiger partial charge in [-0.25, -0.2) is 14.8 Å². The fourth-order valence-electron chi connectivity index (χ4n) is 3.25. The molecule has 2 aromatic rings. The molecule has 0 aliphatic heterocycles. The average molecular weight is 423 g/mol. The first-order valence-corrected chi connectivity index (χ1v) is 12.5. The van der Waals surface area contributed by atoms with Crippen LogP contribution < -0.4 is 0 Å². The van der Waals surface area contributed by atoms with Crippen LogP contribution in [0.5, 0.6) is 0 Å². The van der Waals surface area contributed by atoms with Gasteiger partial charge in [-0.2, -0.15) is 0 Å². The van der Waals surface area contributed by atoms with Crippen molar-refractivity contribution < 1.29 is 9.53 Å². The predicted octanol–water partition coefficient (Wildman–Crippen LogP) is 7.30. The van der Waals surface area contributed by atoms with E-state index in [9.17, 15) is 4.79 Å². The Morgan fingerprint density at radius 2 is 1.57 bits per heavy atom. The Morgan fingerprint density at radius 3 is 2.14 bits per heavy atom. The molecule has 0 spiro atoms. The largest absolute Gasteiger partial charge is 0.461 e. The highest BCUT2D eigenvalue weighted by Gasteiger charge is 2.20. The maximum atomic E-state index is 12.3. The summed E-state index contributed by atoms with van der Waals surface area (Å²) in [6.45, 7) is 4.47. The van der Waals surface area contributed by atoms with Crippen LogP contribution in [0, 0.1) is 0 Å². The summed E-state index contributed by atoms with van der Waals surface area (Å²) in [5.41, 5.74) is 0.490. The van der Waals surface area contributed by atoms with Gasteiger partial charge in [0.1, 0.15) is 0 Å². The molecule has 0 bridgehead atoms. The molecule has 2 rings (SSSR count). The number of thiazole rings is 2. The molecule has 0 aliphatic carbocycles. The van der Waals surface area contributed by atoms with Crippen molar-refractivity contribution in [3.05, 3.63) is 22.1 Å². The molecule has 4 nitrogen and oxygen atoms in total. The number of ether oxygens (including phenoxy) is 1. The zero-order valence-corrected chi connectivity index (χ0v) is 19.0. The smallest absolute Gasteiger partial charge is 0.358 e. The van der Waals surface area contributed by atoms with Crippen molar-refractivity contribution in [2.45, 2.75) is 90.9 Å². The normalized spacial score (nSPS) is 11.1. The number of carbonyl (C=O) groups excluding carboxylic acids is 1. The SMILES string of the molecule is CCCCCCCCCCCCCc1sc(-c2nccs2)nc1C(=O)OCC. The molecule has 156 valence electrons. The van der Waals surface area contributed by atoms with E-state index in [4.69, 9.17) is 4.74 Å². The number of rotatable bonds is 15. The lowest BCUT2D eigenvalue weighted by atomic mass is 10.0. The molecule has 6 heteroatoms. The second kappa shape index (κ2) is 13.8. The molecule has 0 saturated heterocycles. The summed E-state index contributed by atoms with van der Waals surface area (Å²) >= 11 is 3.14. The molecule has 28 heavy (non-hydrogen) atoms. The van der Waals surface area contributed by atoms with E-state index in [1.165, 1.54) is 64.2 Å². The number of hydrogen-bond donors (Lipinski definition) is 0. The van der Waals surface area contributed by atoms with E-state index in [2.05, 4.69) is 16.9 Å². The first kappa shape index (κ1) is 23.0. The molecule has 0 aromatic carbocycles. The van der Waals surface area contributed by atoms with E-state index in [1.807, 2.05) is 12.3 Å². The first-order chi connectivity index (χ1) is 13.8. The van der Waals surface area contributed by atoms with Gasteiger partial charge >= 0.3 is 5.97 Å². The number of unbranched alkanes of at least 4 members (excludes halogenated alkanes) is 10. The molecule has 0 fully saturated rings. The van der Waals surface area contributed by atoms with Crippen molar-refractivity contribution in [3.8, 4) is 10.0 Å². The molecular formula is C22H34N2O2S2. The Balaban J connectivity index is 1.71. The monoisotopic (exact) mass is 422 g/mol. The van der Waals surface area contributed by atoms with Crippen molar-refractivity contribution in [1.82, 2.24) is 9.97 Å². The fraction of sp³-hybridized carbons (Fsp3) is 0.682. The summed E-state index contributed by atoms with van der Waals surface area (Å²) in [7, 11) is 0. The summed E-state index contributed by atoms with van der Waals surface area (Å²) < 4.78 is 5.19. The van der Waals surface area contributed by atoms with Gasteiger partial charge in [-0.3, -0.25) is 0 Å². The van der Waals surface area contributed by atoms with Gasteiger partial charge in [-0.05, 0) is 19.8 Å². The lowest BCUT2D eigenvalue weighted by Crippen LogP contribution is -2.07. The second-order valence-corrected chi connectivity index (χ2v) is 9.11. The highest BCUT2D eigenvalue weighted by molar-refractivity contribution is 7.20. The van der Waals surface area contributed by atoms with Gasteiger partial charge in [0.2, 0.25) is 0 Å². The molecule has 0 atom stereocenters. The number of nitrogens with zero attached hydrogens (tertiary/aromatic N) is 2. The summed E-state index contributed by atoms with van der Waals surface area (Å²) in [6.07, 6.45) is 17.2. The van der Waals surface area contributed by atoms with Crippen molar-refractivity contribution in [2.24, 2.45) is 0 Å². The van der Waals surface area contributed by atoms with E-state index < -0.39 is 0 Å². The third-order valence-electron chi connectivity index (χ3n) is 4.79. The Hall–Kier alpha value is -1.27. The molecule has 0 saturated carbocycles. The van der Waals surface area contributed by atoms with Gasteiger partial charge in [0.15, 0.2) is 15.7 Å². The minimum atomic E-state index is -0.306. The highest BCUT2D eigenvalue weighted by atomic mass is 32.1. The van der Waals surface area contributed by atoms with Crippen molar-refractivity contribution in [1.29, 1.82) is 0 Å². The lowest BCUT2D eigenvalue weighted by Gasteiger charge is -2.03. The van der Waals surface area contributed by atoms with Crippen LogP contribution in [-0.2, 0) is 11.2 Å². The van der Waals surface area contributed by atoms with Crippen molar-refractivity contribution >= 4 is 28.6 Å². The van der Waals surface area contributed by atoms with E-state index in [-0.39, 0.29) is 5.97 Å². The Labute approximate surface area is 177 Å². The number of aromatic nitrogens is 2. The van der Waals surface area contributed by atoms with Crippen LogP contribution >= 0.6 is 22.7 Å². The standard InChI is InChI=1S/C22H34N2O2S2/c1-3-5-6-7-8-9-10-11-12-13-14-15-18-19(22(25)26-4-2)24-21(28-18)20-23-16-17-27-20/h16-17H,3-15H2,1-2H3. The minimum absolute atomic E-state index is 0.306. The number of carbonyl (C=O) groups is 1. The molecule has 0 radical (unpaired) electrons. The fourth-order valence-corrected chi connectivity index (χ4v) is 5.02. The van der Waals surface area contributed by atoms with Crippen LogP contribution in [0.15, 0.2) is 11.6 Å².